The van der Waals surface area contributed by atoms with Crippen molar-refractivity contribution in [2.75, 3.05) is 14.1 Å². The Balaban J connectivity index is 1.49. The molecular weight excluding hydrogens is 570 g/mol. The summed E-state index contributed by atoms with van der Waals surface area (Å²) in [6.07, 6.45) is 13.0. The third kappa shape index (κ3) is 9.67. The van der Waals surface area contributed by atoms with E-state index in [9.17, 15) is 9.59 Å². The van der Waals surface area contributed by atoms with E-state index in [2.05, 4.69) is 46.7 Å². The number of cyclic esters (lactones) is 2. The highest BCUT2D eigenvalue weighted by molar-refractivity contribution is 5.73. The van der Waals surface area contributed by atoms with Crippen LogP contribution in [0.5, 0.6) is 0 Å². The number of nitrogens with zero attached hydrogens (tertiary/aromatic N) is 1. The van der Waals surface area contributed by atoms with Gasteiger partial charge in [-0.1, -0.05) is 53.4 Å². The minimum absolute atomic E-state index is 0.0182. The fourth-order valence-corrected chi connectivity index (χ4v) is 8.31. The zero-order chi connectivity index (χ0) is 32.7. The molecule has 0 N–H and O–H groups in total. The summed E-state index contributed by atoms with van der Waals surface area (Å²) in [4.78, 5) is 29.4. The fraction of sp³-hybridized carbons (Fsp3) is 0.946. The number of esters is 2. The van der Waals surface area contributed by atoms with Crippen LogP contribution in [0, 0.1) is 23.7 Å². The molecule has 4 saturated heterocycles. The fourth-order valence-electron chi connectivity index (χ4n) is 8.31. The number of carbonyl (C=O) groups is 2. The van der Waals surface area contributed by atoms with Crippen molar-refractivity contribution < 1.29 is 33.3 Å². The van der Waals surface area contributed by atoms with Crippen molar-refractivity contribution in [2.45, 2.75) is 186 Å². The molecule has 45 heavy (non-hydrogen) atoms. The molecule has 0 aromatic rings. The van der Waals surface area contributed by atoms with Gasteiger partial charge in [-0.2, -0.15) is 0 Å². The molecule has 4 fully saturated rings. The van der Waals surface area contributed by atoms with Crippen molar-refractivity contribution in [1.29, 1.82) is 0 Å². The van der Waals surface area contributed by atoms with E-state index in [0.717, 1.165) is 57.8 Å². The molecule has 0 aromatic heterocycles. The van der Waals surface area contributed by atoms with Crippen molar-refractivity contribution in [3.8, 4) is 0 Å². The van der Waals surface area contributed by atoms with Crippen LogP contribution < -0.4 is 0 Å². The Morgan fingerprint density at radius 1 is 0.756 bits per heavy atom. The molecule has 4 rings (SSSR count). The summed E-state index contributed by atoms with van der Waals surface area (Å²) in [7, 11) is 4.37. The first-order valence-corrected chi connectivity index (χ1v) is 18.6. The monoisotopic (exact) mass is 635 g/mol. The second-order valence-electron chi connectivity index (χ2n) is 15.2. The van der Waals surface area contributed by atoms with Crippen molar-refractivity contribution in [1.82, 2.24) is 4.90 Å². The summed E-state index contributed by atoms with van der Waals surface area (Å²) in [6.45, 7) is 12.6. The topological polar surface area (TPSA) is 83.5 Å². The summed E-state index contributed by atoms with van der Waals surface area (Å²) in [6, 6.07) is 0.515. The van der Waals surface area contributed by atoms with E-state index < -0.39 is 0 Å². The summed E-state index contributed by atoms with van der Waals surface area (Å²) in [5.41, 5.74) is 0. The molecule has 4 aliphatic heterocycles. The zero-order valence-electron chi connectivity index (χ0n) is 29.7. The molecule has 4 heterocycles. The Morgan fingerprint density at radius 2 is 1.42 bits per heavy atom. The highest BCUT2D eigenvalue weighted by atomic mass is 16.6. The van der Waals surface area contributed by atoms with Crippen LogP contribution in [0.1, 0.15) is 131 Å². The van der Waals surface area contributed by atoms with Crippen molar-refractivity contribution >= 4 is 11.9 Å². The van der Waals surface area contributed by atoms with Gasteiger partial charge in [-0.15, -0.1) is 0 Å². The third-order valence-electron chi connectivity index (χ3n) is 11.5. The van der Waals surface area contributed by atoms with Crippen LogP contribution in [-0.4, -0.2) is 85.8 Å². The first kappa shape index (κ1) is 36.6. The zero-order valence-corrected chi connectivity index (χ0v) is 29.7. The van der Waals surface area contributed by atoms with E-state index in [-0.39, 0.29) is 84.4 Å². The Kier molecular flexibility index (Phi) is 14.0. The van der Waals surface area contributed by atoms with Crippen LogP contribution >= 0.6 is 0 Å². The SMILES string of the molecule is CCCCC[C@H](C[C@@H]1CC[C@H]([C@@H](C)[C@@H]2OC(=O)[C@@H](C)[C@@H]3CC[C@H](C[C@H](CCC)OC(=O)[C@H](C)[C@H]4CC[C@@H](O4)[C@H]2C)O3)O1)N(C)C. The minimum Gasteiger partial charge on any atom is -0.462 e. The lowest BCUT2D eigenvalue weighted by Crippen LogP contribution is -2.44. The molecule has 8 heteroatoms. The van der Waals surface area contributed by atoms with Crippen LogP contribution in [0.2, 0.25) is 0 Å². The van der Waals surface area contributed by atoms with E-state index in [1.807, 2.05) is 13.8 Å². The van der Waals surface area contributed by atoms with E-state index >= 15 is 0 Å². The molecule has 8 nitrogen and oxygen atoms in total. The van der Waals surface area contributed by atoms with Gasteiger partial charge >= 0.3 is 11.9 Å². The average molecular weight is 636 g/mol. The molecule has 13 atom stereocenters. The van der Waals surface area contributed by atoms with Gasteiger partial charge in [0.25, 0.3) is 0 Å². The van der Waals surface area contributed by atoms with Gasteiger partial charge in [0.15, 0.2) is 0 Å². The van der Waals surface area contributed by atoms with E-state index in [4.69, 9.17) is 23.7 Å². The van der Waals surface area contributed by atoms with Crippen LogP contribution in [0.3, 0.4) is 0 Å². The van der Waals surface area contributed by atoms with Crippen LogP contribution in [0.25, 0.3) is 0 Å². The number of hydrogen-bond acceptors (Lipinski definition) is 8. The van der Waals surface area contributed by atoms with Gasteiger partial charge in [0, 0.05) is 24.3 Å². The molecule has 0 spiro atoms. The van der Waals surface area contributed by atoms with Crippen LogP contribution in [-0.2, 0) is 33.3 Å². The number of hydrogen-bond donors (Lipinski definition) is 0. The Labute approximate surface area is 274 Å². The number of rotatable bonds is 11. The lowest BCUT2D eigenvalue weighted by molar-refractivity contribution is -0.175. The van der Waals surface area contributed by atoms with Crippen molar-refractivity contribution in [3.05, 3.63) is 0 Å². The maximum Gasteiger partial charge on any atom is 0.311 e. The first-order valence-electron chi connectivity index (χ1n) is 18.6. The molecule has 0 amide bonds. The summed E-state index contributed by atoms with van der Waals surface area (Å²) in [5, 5.41) is 0. The quantitative estimate of drug-likeness (QED) is 0.176. The summed E-state index contributed by atoms with van der Waals surface area (Å²) in [5.74, 6) is -1.08. The van der Waals surface area contributed by atoms with Gasteiger partial charge in [0.1, 0.15) is 12.2 Å². The number of ether oxygens (including phenoxy) is 5. The molecular formula is C37H65NO7. The Bertz CT molecular complexity index is 928. The predicted octanol–water partition coefficient (Wildman–Crippen LogP) is 7.10. The highest BCUT2D eigenvalue weighted by Crippen LogP contribution is 2.39. The number of fused-ring (bicyclic) bond motifs is 4. The lowest BCUT2D eigenvalue weighted by atomic mass is 9.84. The van der Waals surface area contributed by atoms with E-state index in [0.29, 0.717) is 12.5 Å². The maximum absolute atomic E-state index is 13.8. The van der Waals surface area contributed by atoms with Crippen LogP contribution in [0.15, 0.2) is 0 Å². The van der Waals surface area contributed by atoms with Gasteiger partial charge in [-0.05, 0) is 85.7 Å². The minimum atomic E-state index is -0.365. The normalized spacial score (nSPS) is 39.5. The Hall–Kier alpha value is -1.22. The molecule has 4 bridgehead atoms. The average Bonchev–Trinajstić information content (AvgIpc) is 3.79. The maximum atomic E-state index is 13.8. The number of unbranched alkanes of at least 4 members (excludes halogenated alkanes) is 2. The predicted molar refractivity (Wildman–Crippen MR) is 176 cm³/mol. The van der Waals surface area contributed by atoms with E-state index in [1.54, 1.807) is 0 Å². The molecule has 0 aliphatic carbocycles. The van der Waals surface area contributed by atoms with Gasteiger partial charge < -0.3 is 28.6 Å². The molecule has 0 aromatic carbocycles. The molecule has 0 saturated carbocycles. The highest BCUT2D eigenvalue weighted by Gasteiger charge is 2.46. The van der Waals surface area contributed by atoms with E-state index in [1.165, 1.54) is 25.7 Å². The number of carbonyl (C=O) groups excluding carboxylic acids is 2. The van der Waals surface area contributed by atoms with Gasteiger partial charge in [-0.25, -0.2) is 0 Å². The van der Waals surface area contributed by atoms with Crippen molar-refractivity contribution in [2.24, 2.45) is 23.7 Å². The Morgan fingerprint density at radius 3 is 2.11 bits per heavy atom. The van der Waals surface area contributed by atoms with Gasteiger partial charge in [0.05, 0.1) is 48.5 Å². The van der Waals surface area contributed by atoms with Gasteiger partial charge in [-0.3, -0.25) is 9.59 Å². The second-order valence-corrected chi connectivity index (χ2v) is 15.2. The second kappa shape index (κ2) is 17.3. The lowest BCUT2D eigenvalue weighted by Gasteiger charge is -2.36. The van der Waals surface area contributed by atoms with Crippen LogP contribution in [0.4, 0.5) is 0 Å². The van der Waals surface area contributed by atoms with Crippen molar-refractivity contribution in [3.63, 3.8) is 0 Å². The standard InChI is InChI=1S/C37H65NO7/c1-9-11-12-14-27(38(7)8)21-29-15-17-31(41-29)23(3)35-24(4)32-19-20-34(44-32)26(6)36(39)43-28(13-10-2)22-30-16-18-33(42-30)25(5)37(40)45-35/h23-35H,9-22H2,1-8H3/t23-,24-,25+,26-,27-,28+,29+,30-,31-,32-,33+,34-,35+/m1/s1. The van der Waals surface area contributed by atoms with Gasteiger partial charge in [0.2, 0.25) is 0 Å². The summed E-state index contributed by atoms with van der Waals surface area (Å²) < 4.78 is 32.4. The molecule has 260 valence electrons. The largest absolute Gasteiger partial charge is 0.462 e. The summed E-state index contributed by atoms with van der Waals surface area (Å²) >= 11 is 0. The smallest absolute Gasteiger partial charge is 0.311 e. The molecule has 4 aliphatic rings. The third-order valence-corrected chi connectivity index (χ3v) is 11.5. The first-order chi connectivity index (χ1) is 21.5. The molecule has 0 radical (unpaired) electrons. The molecule has 0 unspecified atom stereocenters.